The number of esters is 1. The Morgan fingerprint density at radius 3 is 2.53 bits per heavy atom. The molecule has 1 N–H and O–H groups in total. The van der Waals surface area contributed by atoms with Crippen molar-refractivity contribution in [2.45, 2.75) is 33.1 Å². The lowest BCUT2D eigenvalue weighted by Crippen LogP contribution is -2.21. The van der Waals surface area contributed by atoms with Crippen LogP contribution in [0.3, 0.4) is 0 Å². The van der Waals surface area contributed by atoms with E-state index in [4.69, 9.17) is 4.74 Å². The summed E-state index contributed by atoms with van der Waals surface area (Å²) < 4.78 is 5.91. The van der Waals surface area contributed by atoms with E-state index in [2.05, 4.69) is 0 Å². The summed E-state index contributed by atoms with van der Waals surface area (Å²) in [5.74, 6) is -1.18. The molecule has 4 rings (SSSR count). The van der Waals surface area contributed by atoms with Crippen molar-refractivity contribution in [3.8, 4) is 16.9 Å². The van der Waals surface area contributed by atoms with E-state index >= 15 is 0 Å². The van der Waals surface area contributed by atoms with Crippen molar-refractivity contribution in [1.29, 1.82) is 0 Å². The first-order chi connectivity index (χ1) is 14.5. The first-order valence-corrected chi connectivity index (χ1v) is 10.2. The van der Waals surface area contributed by atoms with Gasteiger partial charge in [0.15, 0.2) is 0 Å². The van der Waals surface area contributed by atoms with Crippen molar-refractivity contribution >= 4 is 22.7 Å². The second-order valence-electron chi connectivity index (χ2n) is 7.90. The summed E-state index contributed by atoms with van der Waals surface area (Å²) in [6, 6.07) is 16.6. The molecule has 1 aliphatic rings. The SMILES string of the molecule is CC1=CC(C(=O)Oc2ccc3ccccc3c2-c2c(C)cccc2C(=O)O)CCC1. The number of carboxylic acids is 1. The van der Waals surface area contributed by atoms with Gasteiger partial charge < -0.3 is 9.84 Å². The van der Waals surface area contributed by atoms with Crippen LogP contribution < -0.4 is 4.74 Å². The van der Waals surface area contributed by atoms with Crippen LogP contribution in [0.25, 0.3) is 21.9 Å². The molecule has 1 atom stereocenters. The summed E-state index contributed by atoms with van der Waals surface area (Å²) in [6.45, 7) is 3.91. The molecular weight excluding hydrogens is 376 g/mol. The van der Waals surface area contributed by atoms with Gasteiger partial charge in [-0.2, -0.15) is 0 Å². The first kappa shape index (κ1) is 19.9. The van der Waals surface area contributed by atoms with E-state index in [-0.39, 0.29) is 17.5 Å². The topological polar surface area (TPSA) is 63.6 Å². The van der Waals surface area contributed by atoms with Crippen molar-refractivity contribution in [2.24, 2.45) is 5.92 Å². The Morgan fingerprint density at radius 2 is 1.77 bits per heavy atom. The van der Waals surface area contributed by atoms with E-state index in [0.29, 0.717) is 16.9 Å². The Morgan fingerprint density at radius 1 is 0.967 bits per heavy atom. The smallest absolute Gasteiger partial charge is 0.336 e. The minimum Gasteiger partial charge on any atom is -0.478 e. The molecule has 0 heterocycles. The molecule has 0 saturated carbocycles. The zero-order valence-corrected chi connectivity index (χ0v) is 17.1. The van der Waals surface area contributed by atoms with Gasteiger partial charge in [-0.15, -0.1) is 0 Å². The lowest BCUT2D eigenvalue weighted by atomic mass is 9.90. The largest absolute Gasteiger partial charge is 0.478 e. The normalized spacial score (nSPS) is 16.2. The highest BCUT2D eigenvalue weighted by atomic mass is 16.5. The molecule has 0 radical (unpaired) electrons. The average Bonchev–Trinajstić information content (AvgIpc) is 2.73. The number of fused-ring (bicyclic) bond motifs is 1. The van der Waals surface area contributed by atoms with Gasteiger partial charge in [-0.05, 0) is 61.6 Å². The summed E-state index contributed by atoms with van der Waals surface area (Å²) in [4.78, 5) is 24.9. The molecule has 0 aromatic heterocycles. The maximum atomic E-state index is 13.0. The standard InChI is InChI=1S/C26H24O4/c1-16-7-5-10-19(15-16)26(29)30-22-14-13-18-9-3-4-11-20(18)24(22)23-17(2)8-6-12-21(23)25(27)28/h3-4,6,8-9,11-15,19H,5,7,10H2,1-2H3,(H,27,28). The molecular formula is C26H24O4. The van der Waals surface area contributed by atoms with Gasteiger partial charge in [0.2, 0.25) is 0 Å². The number of aromatic carboxylic acids is 1. The Labute approximate surface area is 175 Å². The highest BCUT2D eigenvalue weighted by Gasteiger charge is 2.25. The monoisotopic (exact) mass is 400 g/mol. The Balaban J connectivity index is 1.90. The molecule has 1 aliphatic carbocycles. The Bertz CT molecular complexity index is 1170. The van der Waals surface area contributed by atoms with Crippen molar-refractivity contribution in [1.82, 2.24) is 0 Å². The quantitative estimate of drug-likeness (QED) is 0.323. The van der Waals surface area contributed by atoms with Gasteiger partial charge in [-0.3, -0.25) is 4.79 Å². The molecule has 0 amide bonds. The van der Waals surface area contributed by atoms with E-state index in [1.165, 1.54) is 5.57 Å². The van der Waals surface area contributed by atoms with Crippen molar-refractivity contribution in [2.75, 3.05) is 0 Å². The fraction of sp³-hybridized carbons (Fsp3) is 0.231. The van der Waals surface area contributed by atoms with Crippen LogP contribution in [0.5, 0.6) is 5.75 Å². The number of hydrogen-bond donors (Lipinski definition) is 1. The predicted molar refractivity (Wildman–Crippen MR) is 118 cm³/mol. The van der Waals surface area contributed by atoms with Gasteiger partial charge in [-0.1, -0.05) is 54.1 Å². The first-order valence-electron chi connectivity index (χ1n) is 10.2. The second-order valence-corrected chi connectivity index (χ2v) is 7.90. The number of carbonyl (C=O) groups excluding carboxylic acids is 1. The average molecular weight is 400 g/mol. The van der Waals surface area contributed by atoms with E-state index in [9.17, 15) is 14.7 Å². The molecule has 4 nitrogen and oxygen atoms in total. The van der Waals surface area contributed by atoms with Gasteiger partial charge in [-0.25, -0.2) is 4.79 Å². The molecule has 0 saturated heterocycles. The van der Waals surface area contributed by atoms with E-state index in [0.717, 1.165) is 35.6 Å². The van der Waals surface area contributed by atoms with Crippen molar-refractivity contribution in [3.05, 3.63) is 77.4 Å². The number of rotatable bonds is 4. The van der Waals surface area contributed by atoms with Crippen LogP contribution in [0, 0.1) is 12.8 Å². The fourth-order valence-electron chi connectivity index (χ4n) is 4.25. The van der Waals surface area contributed by atoms with Crippen molar-refractivity contribution < 1.29 is 19.4 Å². The van der Waals surface area contributed by atoms with Crippen LogP contribution in [0.2, 0.25) is 0 Å². The lowest BCUT2D eigenvalue weighted by molar-refractivity contribution is -0.137. The molecule has 30 heavy (non-hydrogen) atoms. The molecule has 3 aromatic rings. The van der Waals surface area contributed by atoms with E-state index in [1.807, 2.05) is 56.3 Å². The van der Waals surface area contributed by atoms with Gasteiger partial charge >= 0.3 is 11.9 Å². The maximum absolute atomic E-state index is 13.0. The summed E-state index contributed by atoms with van der Waals surface area (Å²) in [7, 11) is 0. The minimum atomic E-state index is -1.01. The van der Waals surface area contributed by atoms with E-state index in [1.54, 1.807) is 18.2 Å². The summed E-state index contributed by atoms with van der Waals surface area (Å²) in [5, 5.41) is 11.6. The molecule has 1 unspecified atom stereocenters. The third-order valence-electron chi connectivity index (χ3n) is 5.73. The number of benzene rings is 3. The summed E-state index contributed by atoms with van der Waals surface area (Å²) in [5.41, 5.74) is 3.44. The van der Waals surface area contributed by atoms with Gasteiger partial charge in [0.25, 0.3) is 0 Å². The lowest BCUT2D eigenvalue weighted by Gasteiger charge is -2.21. The number of carboxylic acid groups (broad SMARTS) is 1. The molecule has 4 heteroatoms. The van der Waals surface area contributed by atoms with Crippen LogP contribution in [-0.4, -0.2) is 17.0 Å². The number of carbonyl (C=O) groups is 2. The van der Waals surface area contributed by atoms with Gasteiger partial charge in [0.05, 0.1) is 11.5 Å². The molecule has 0 spiro atoms. The van der Waals surface area contributed by atoms with Gasteiger partial charge in [0, 0.05) is 11.1 Å². The zero-order valence-electron chi connectivity index (χ0n) is 17.1. The predicted octanol–water partition coefficient (Wildman–Crippen LogP) is 6.17. The molecule has 3 aromatic carbocycles. The minimum absolute atomic E-state index is 0.192. The molecule has 0 aliphatic heterocycles. The fourth-order valence-corrected chi connectivity index (χ4v) is 4.25. The van der Waals surface area contributed by atoms with Crippen molar-refractivity contribution in [3.63, 3.8) is 0 Å². The third kappa shape index (κ3) is 3.73. The number of aryl methyl sites for hydroxylation is 1. The molecule has 152 valence electrons. The highest BCUT2D eigenvalue weighted by Crippen LogP contribution is 2.41. The van der Waals surface area contributed by atoms with Crippen LogP contribution in [0.4, 0.5) is 0 Å². The number of allylic oxidation sites excluding steroid dienone is 1. The van der Waals surface area contributed by atoms with Gasteiger partial charge in [0.1, 0.15) is 5.75 Å². The second kappa shape index (κ2) is 8.15. The number of ether oxygens (including phenoxy) is 1. The summed E-state index contributed by atoms with van der Waals surface area (Å²) in [6.07, 6.45) is 4.73. The van der Waals surface area contributed by atoms with E-state index < -0.39 is 5.97 Å². The maximum Gasteiger partial charge on any atom is 0.336 e. The highest BCUT2D eigenvalue weighted by molar-refractivity contribution is 6.07. The third-order valence-corrected chi connectivity index (χ3v) is 5.73. The number of hydrogen-bond acceptors (Lipinski definition) is 3. The van der Waals surface area contributed by atoms with Crippen LogP contribution in [0.15, 0.2) is 66.2 Å². The molecule has 0 fully saturated rings. The van der Waals surface area contributed by atoms with Crippen LogP contribution in [-0.2, 0) is 4.79 Å². The van der Waals surface area contributed by atoms with Crippen LogP contribution in [0.1, 0.15) is 42.1 Å². The Hall–Kier alpha value is -3.40. The Kier molecular flexibility index (Phi) is 5.40. The zero-order chi connectivity index (χ0) is 21.3. The molecule has 0 bridgehead atoms. The summed E-state index contributed by atoms with van der Waals surface area (Å²) >= 11 is 0. The van der Waals surface area contributed by atoms with Crippen LogP contribution >= 0.6 is 0 Å².